The van der Waals surface area contributed by atoms with Crippen molar-refractivity contribution >= 4 is 34.6 Å². The van der Waals surface area contributed by atoms with Gasteiger partial charge in [-0.15, -0.1) is 0 Å². The summed E-state index contributed by atoms with van der Waals surface area (Å²) in [5.41, 5.74) is 7.10. The number of nitrogens with one attached hydrogen (secondary N) is 1. The van der Waals surface area contributed by atoms with Crippen molar-refractivity contribution in [2.24, 2.45) is 11.8 Å². The Bertz CT molecular complexity index is 397. The molecular weight excluding hydrogens is 267 g/mol. The third-order valence-corrected chi connectivity index (χ3v) is 4.49. The van der Waals surface area contributed by atoms with E-state index in [1.165, 1.54) is 25.7 Å². The van der Waals surface area contributed by atoms with Crippen LogP contribution in [-0.2, 0) is 0 Å². The van der Waals surface area contributed by atoms with Gasteiger partial charge in [0.05, 0.1) is 15.7 Å². The van der Waals surface area contributed by atoms with Gasteiger partial charge in [-0.25, -0.2) is 0 Å². The van der Waals surface area contributed by atoms with Crippen LogP contribution in [-0.4, -0.2) is 6.54 Å². The minimum absolute atomic E-state index is 0.599. The molecule has 1 aromatic rings. The van der Waals surface area contributed by atoms with E-state index in [2.05, 4.69) is 12.2 Å². The zero-order valence-electron chi connectivity index (χ0n) is 10.7. The topological polar surface area (TPSA) is 38.0 Å². The van der Waals surface area contributed by atoms with Crippen LogP contribution in [0.4, 0.5) is 11.4 Å². The molecule has 1 aliphatic carbocycles. The van der Waals surface area contributed by atoms with Crippen LogP contribution in [0.25, 0.3) is 0 Å². The highest BCUT2D eigenvalue weighted by Gasteiger charge is 2.21. The highest BCUT2D eigenvalue weighted by molar-refractivity contribution is 6.39. The van der Waals surface area contributed by atoms with Gasteiger partial charge in [0.25, 0.3) is 0 Å². The van der Waals surface area contributed by atoms with E-state index in [9.17, 15) is 0 Å². The molecule has 2 atom stereocenters. The summed E-state index contributed by atoms with van der Waals surface area (Å²) in [7, 11) is 0. The van der Waals surface area contributed by atoms with Crippen LogP contribution in [0.15, 0.2) is 12.1 Å². The van der Waals surface area contributed by atoms with E-state index in [1.807, 2.05) is 0 Å². The lowest BCUT2D eigenvalue weighted by atomic mass is 9.80. The fourth-order valence-electron chi connectivity index (χ4n) is 2.69. The quantitative estimate of drug-likeness (QED) is 0.783. The third kappa shape index (κ3) is 3.24. The van der Waals surface area contributed by atoms with Crippen molar-refractivity contribution in [3.8, 4) is 0 Å². The van der Waals surface area contributed by atoms with Crippen molar-refractivity contribution in [2.45, 2.75) is 32.6 Å². The molecule has 0 saturated heterocycles. The molecule has 18 heavy (non-hydrogen) atoms. The van der Waals surface area contributed by atoms with Gasteiger partial charge in [-0.05, 0) is 30.4 Å². The van der Waals surface area contributed by atoms with Crippen LogP contribution in [0.3, 0.4) is 0 Å². The number of anilines is 2. The van der Waals surface area contributed by atoms with Gasteiger partial charge in [-0.3, -0.25) is 0 Å². The van der Waals surface area contributed by atoms with Crippen LogP contribution in [0, 0.1) is 11.8 Å². The number of nitrogen functional groups attached to an aromatic ring is 1. The fourth-order valence-corrected chi connectivity index (χ4v) is 3.33. The first-order chi connectivity index (χ1) is 8.58. The monoisotopic (exact) mass is 286 g/mol. The van der Waals surface area contributed by atoms with E-state index in [0.29, 0.717) is 21.7 Å². The minimum Gasteiger partial charge on any atom is -0.399 e. The molecule has 0 radical (unpaired) electrons. The smallest absolute Gasteiger partial charge is 0.0720 e. The van der Waals surface area contributed by atoms with Crippen molar-refractivity contribution in [3.05, 3.63) is 22.2 Å². The SMILES string of the molecule is CC1CCCCC1CNc1c(Cl)cc(N)cc1Cl. The highest BCUT2D eigenvalue weighted by Crippen LogP contribution is 2.35. The van der Waals surface area contributed by atoms with Crippen LogP contribution >= 0.6 is 23.2 Å². The number of rotatable bonds is 3. The molecule has 0 bridgehead atoms. The Labute approximate surface area is 119 Å². The van der Waals surface area contributed by atoms with Gasteiger partial charge in [-0.2, -0.15) is 0 Å². The Balaban J connectivity index is 2.01. The predicted octanol–water partition coefficient (Wildman–Crippen LogP) is 4.81. The predicted molar refractivity (Wildman–Crippen MR) is 80.5 cm³/mol. The molecule has 0 aliphatic heterocycles. The molecule has 0 aromatic heterocycles. The Kier molecular flexibility index (Phi) is 4.63. The van der Waals surface area contributed by atoms with E-state index in [-0.39, 0.29) is 0 Å². The number of halogens is 2. The van der Waals surface area contributed by atoms with Gasteiger partial charge in [-0.1, -0.05) is 49.4 Å². The Hall–Kier alpha value is -0.600. The van der Waals surface area contributed by atoms with Crippen LogP contribution in [0.5, 0.6) is 0 Å². The first-order valence-corrected chi connectivity index (χ1v) is 7.32. The molecule has 0 amide bonds. The molecule has 100 valence electrons. The molecule has 4 heteroatoms. The largest absolute Gasteiger partial charge is 0.399 e. The number of benzene rings is 1. The van der Waals surface area contributed by atoms with Gasteiger partial charge in [0, 0.05) is 12.2 Å². The third-order valence-electron chi connectivity index (χ3n) is 3.89. The average Bonchev–Trinajstić information content (AvgIpc) is 2.30. The van der Waals surface area contributed by atoms with Crippen molar-refractivity contribution in [1.29, 1.82) is 0 Å². The number of hydrogen-bond acceptors (Lipinski definition) is 2. The van der Waals surface area contributed by atoms with Crippen LogP contribution in [0.1, 0.15) is 32.6 Å². The molecule has 2 rings (SSSR count). The molecule has 1 aliphatic rings. The first kappa shape index (κ1) is 13.8. The van der Waals surface area contributed by atoms with E-state index in [0.717, 1.165) is 18.2 Å². The maximum absolute atomic E-state index is 6.16. The molecule has 0 heterocycles. The van der Waals surface area contributed by atoms with E-state index in [4.69, 9.17) is 28.9 Å². The van der Waals surface area contributed by atoms with Gasteiger partial charge >= 0.3 is 0 Å². The Morgan fingerprint density at radius 2 is 1.83 bits per heavy atom. The lowest BCUT2D eigenvalue weighted by Crippen LogP contribution is -2.24. The lowest BCUT2D eigenvalue weighted by molar-refractivity contribution is 0.268. The molecule has 3 N–H and O–H groups in total. The van der Waals surface area contributed by atoms with E-state index in [1.54, 1.807) is 12.1 Å². The summed E-state index contributed by atoms with van der Waals surface area (Å²) in [5.74, 6) is 1.49. The maximum Gasteiger partial charge on any atom is 0.0720 e. The summed E-state index contributed by atoms with van der Waals surface area (Å²) in [6.45, 7) is 3.27. The Morgan fingerprint density at radius 3 is 2.44 bits per heavy atom. The summed E-state index contributed by atoms with van der Waals surface area (Å²) >= 11 is 12.3. The fraction of sp³-hybridized carbons (Fsp3) is 0.571. The second-order valence-corrected chi connectivity index (χ2v) is 6.08. The second kappa shape index (κ2) is 6.03. The van der Waals surface area contributed by atoms with Crippen LogP contribution in [0.2, 0.25) is 10.0 Å². The van der Waals surface area contributed by atoms with Crippen molar-refractivity contribution < 1.29 is 0 Å². The van der Waals surface area contributed by atoms with E-state index < -0.39 is 0 Å². The van der Waals surface area contributed by atoms with Crippen LogP contribution < -0.4 is 11.1 Å². The van der Waals surface area contributed by atoms with Gasteiger partial charge in [0.15, 0.2) is 0 Å². The summed E-state index contributed by atoms with van der Waals surface area (Å²) in [4.78, 5) is 0. The lowest BCUT2D eigenvalue weighted by Gasteiger charge is -2.29. The van der Waals surface area contributed by atoms with Gasteiger partial charge < -0.3 is 11.1 Å². The summed E-state index contributed by atoms with van der Waals surface area (Å²) in [6, 6.07) is 3.47. The molecule has 1 saturated carbocycles. The van der Waals surface area contributed by atoms with Gasteiger partial charge in [0.2, 0.25) is 0 Å². The summed E-state index contributed by atoms with van der Waals surface area (Å²) in [6.07, 6.45) is 5.31. The molecule has 0 spiro atoms. The maximum atomic E-state index is 6.16. The molecule has 2 unspecified atom stereocenters. The summed E-state index contributed by atoms with van der Waals surface area (Å²) in [5, 5.41) is 4.59. The average molecular weight is 287 g/mol. The second-order valence-electron chi connectivity index (χ2n) is 5.26. The van der Waals surface area contributed by atoms with E-state index >= 15 is 0 Å². The molecular formula is C14H20Cl2N2. The minimum atomic E-state index is 0.599. The van der Waals surface area contributed by atoms with Crippen molar-refractivity contribution in [1.82, 2.24) is 0 Å². The normalized spacial score (nSPS) is 23.9. The van der Waals surface area contributed by atoms with Gasteiger partial charge in [0.1, 0.15) is 0 Å². The standard InChI is InChI=1S/C14H20Cl2N2/c1-9-4-2-3-5-10(9)8-18-14-12(15)6-11(17)7-13(14)16/h6-7,9-10,18H,2-5,8,17H2,1H3. The number of hydrogen-bond donors (Lipinski definition) is 2. The zero-order chi connectivity index (χ0) is 13.1. The highest BCUT2D eigenvalue weighted by atomic mass is 35.5. The van der Waals surface area contributed by atoms with Crippen molar-refractivity contribution in [3.63, 3.8) is 0 Å². The molecule has 2 nitrogen and oxygen atoms in total. The first-order valence-electron chi connectivity index (χ1n) is 6.56. The summed E-state index contributed by atoms with van der Waals surface area (Å²) < 4.78 is 0. The Morgan fingerprint density at radius 1 is 1.22 bits per heavy atom. The van der Waals surface area contributed by atoms with Crippen molar-refractivity contribution in [2.75, 3.05) is 17.6 Å². The zero-order valence-corrected chi connectivity index (χ0v) is 12.2. The number of nitrogens with two attached hydrogens (primary N) is 1. The molecule has 1 fully saturated rings. The molecule has 1 aromatic carbocycles.